The third kappa shape index (κ3) is 1.56. The second-order valence-corrected chi connectivity index (χ2v) is 2.98. The van der Waals surface area contributed by atoms with E-state index >= 15 is 0 Å². The van der Waals surface area contributed by atoms with Crippen LogP contribution < -0.4 is 9.47 Å². The molecule has 0 aromatic heterocycles. The molecule has 0 aliphatic carbocycles. The van der Waals surface area contributed by atoms with Crippen molar-refractivity contribution in [3.63, 3.8) is 0 Å². The molecule has 0 atom stereocenters. The van der Waals surface area contributed by atoms with Crippen molar-refractivity contribution in [3.05, 3.63) is 17.7 Å². The average molecular weight is 210 g/mol. The van der Waals surface area contributed by atoms with E-state index in [-0.39, 0.29) is 22.8 Å². The van der Waals surface area contributed by atoms with Gasteiger partial charge in [-0.15, -0.1) is 0 Å². The summed E-state index contributed by atoms with van der Waals surface area (Å²) in [7, 11) is 1.28. The van der Waals surface area contributed by atoms with Crippen molar-refractivity contribution < 1.29 is 24.1 Å². The summed E-state index contributed by atoms with van der Waals surface area (Å²) in [5, 5.41) is 9.48. The molecule has 0 spiro atoms. The molecule has 1 aliphatic rings. The smallest absolute Gasteiger partial charge is 0.341 e. The third-order valence-corrected chi connectivity index (χ3v) is 2.07. The highest BCUT2D eigenvalue weighted by molar-refractivity contribution is 5.94. The molecule has 80 valence electrons. The Labute approximate surface area is 86.2 Å². The first-order valence-corrected chi connectivity index (χ1v) is 4.44. The summed E-state index contributed by atoms with van der Waals surface area (Å²) in [4.78, 5) is 11.4. The van der Waals surface area contributed by atoms with Crippen molar-refractivity contribution in [2.45, 2.75) is 0 Å². The van der Waals surface area contributed by atoms with Gasteiger partial charge in [-0.25, -0.2) is 4.79 Å². The first-order valence-electron chi connectivity index (χ1n) is 4.44. The van der Waals surface area contributed by atoms with Gasteiger partial charge in [-0.1, -0.05) is 0 Å². The largest absolute Gasteiger partial charge is 0.504 e. The van der Waals surface area contributed by atoms with Crippen molar-refractivity contribution >= 4 is 5.97 Å². The minimum atomic E-state index is -0.517. The fraction of sp³-hybridized carbons (Fsp3) is 0.300. The van der Waals surface area contributed by atoms with Gasteiger partial charge in [0.1, 0.15) is 18.8 Å². The van der Waals surface area contributed by atoms with Crippen LogP contribution in [0.3, 0.4) is 0 Å². The molecule has 1 aromatic carbocycles. The van der Waals surface area contributed by atoms with Crippen LogP contribution in [0, 0.1) is 0 Å². The van der Waals surface area contributed by atoms with Gasteiger partial charge in [-0.3, -0.25) is 0 Å². The maximum atomic E-state index is 11.4. The van der Waals surface area contributed by atoms with Crippen LogP contribution in [0.25, 0.3) is 0 Å². The molecule has 0 radical (unpaired) electrons. The minimum Gasteiger partial charge on any atom is -0.504 e. The molecule has 1 aromatic rings. The number of hydrogen-bond acceptors (Lipinski definition) is 5. The van der Waals surface area contributed by atoms with Gasteiger partial charge in [0.15, 0.2) is 11.5 Å². The van der Waals surface area contributed by atoms with Gasteiger partial charge in [0.25, 0.3) is 0 Å². The maximum absolute atomic E-state index is 11.4. The number of carbonyl (C=O) groups is 1. The van der Waals surface area contributed by atoms with Gasteiger partial charge in [-0.05, 0) is 12.1 Å². The highest BCUT2D eigenvalue weighted by atomic mass is 16.6. The average Bonchev–Trinajstić information content (AvgIpc) is 2.29. The van der Waals surface area contributed by atoms with Gasteiger partial charge in [-0.2, -0.15) is 0 Å². The van der Waals surface area contributed by atoms with E-state index < -0.39 is 5.97 Å². The number of aromatic hydroxyl groups is 1. The van der Waals surface area contributed by atoms with Crippen LogP contribution in [0.4, 0.5) is 0 Å². The van der Waals surface area contributed by atoms with E-state index in [1.54, 1.807) is 0 Å². The molecule has 0 saturated carbocycles. The molecule has 1 aliphatic heterocycles. The number of methoxy groups -OCH3 is 1. The lowest BCUT2D eigenvalue weighted by Crippen LogP contribution is -2.18. The fourth-order valence-corrected chi connectivity index (χ4v) is 1.39. The summed E-state index contributed by atoms with van der Waals surface area (Å²) in [5.74, 6) is -0.119. The van der Waals surface area contributed by atoms with Crippen molar-refractivity contribution in [2.75, 3.05) is 20.3 Å². The molecular weight excluding hydrogens is 200 g/mol. The summed E-state index contributed by atoms with van der Waals surface area (Å²) in [6.07, 6.45) is 0. The van der Waals surface area contributed by atoms with E-state index in [0.717, 1.165) is 0 Å². The zero-order valence-electron chi connectivity index (χ0n) is 8.15. The molecule has 0 saturated heterocycles. The Morgan fingerprint density at radius 3 is 2.67 bits per heavy atom. The number of fused-ring (bicyclic) bond motifs is 1. The van der Waals surface area contributed by atoms with E-state index in [4.69, 9.17) is 9.47 Å². The van der Waals surface area contributed by atoms with Gasteiger partial charge in [0, 0.05) is 0 Å². The normalized spacial score (nSPS) is 13.4. The molecule has 1 N–H and O–H groups in total. The first-order chi connectivity index (χ1) is 7.24. The van der Waals surface area contributed by atoms with Crippen molar-refractivity contribution in [3.8, 4) is 17.2 Å². The van der Waals surface area contributed by atoms with Crippen molar-refractivity contribution in [2.24, 2.45) is 0 Å². The van der Waals surface area contributed by atoms with Crippen LogP contribution in [0.15, 0.2) is 12.1 Å². The fourth-order valence-electron chi connectivity index (χ4n) is 1.39. The minimum absolute atomic E-state index is 0.0441. The number of benzene rings is 1. The van der Waals surface area contributed by atoms with Gasteiger partial charge in [0.05, 0.1) is 7.11 Å². The summed E-state index contributed by atoms with van der Waals surface area (Å²) >= 11 is 0. The van der Waals surface area contributed by atoms with E-state index in [2.05, 4.69) is 4.74 Å². The molecule has 0 bridgehead atoms. The first kappa shape index (κ1) is 9.64. The lowest BCUT2D eigenvalue weighted by atomic mass is 10.1. The number of phenolic OH excluding ortho intramolecular Hbond substituents is 1. The Morgan fingerprint density at radius 2 is 2.00 bits per heavy atom. The quantitative estimate of drug-likeness (QED) is 0.699. The molecule has 0 fully saturated rings. The molecule has 0 unspecified atom stereocenters. The number of ether oxygens (including phenoxy) is 3. The lowest BCUT2D eigenvalue weighted by molar-refractivity contribution is 0.0590. The van der Waals surface area contributed by atoms with Crippen LogP contribution in [0.5, 0.6) is 17.2 Å². The SMILES string of the molecule is COC(=O)c1ccc(O)c2c1OCCO2. The number of rotatable bonds is 1. The summed E-state index contributed by atoms with van der Waals surface area (Å²) in [6.45, 7) is 0.700. The molecule has 2 rings (SSSR count). The van der Waals surface area contributed by atoms with E-state index in [1.165, 1.54) is 19.2 Å². The lowest BCUT2D eigenvalue weighted by Gasteiger charge is -2.20. The van der Waals surface area contributed by atoms with Gasteiger partial charge in [0.2, 0.25) is 5.75 Å². The predicted octanol–water partition coefficient (Wildman–Crippen LogP) is 0.950. The number of hydrogen-bond donors (Lipinski definition) is 1. The highest BCUT2D eigenvalue weighted by Gasteiger charge is 2.23. The van der Waals surface area contributed by atoms with Crippen LogP contribution in [-0.4, -0.2) is 31.4 Å². The maximum Gasteiger partial charge on any atom is 0.341 e. The Morgan fingerprint density at radius 1 is 1.33 bits per heavy atom. The van der Waals surface area contributed by atoms with Gasteiger partial charge < -0.3 is 19.3 Å². The Kier molecular flexibility index (Phi) is 2.37. The van der Waals surface area contributed by atoms with Crippen LogP contribution in [-0.2, 0) is 4.74 Å². The molecule has 5 nitrogen and oxygen atoms in total. The monoisotopic (exact) mass is 210 g/mol. The van der Waals surface area contributed by atoms with E-state index in [0.29, 0.717) is 13.2 Å². The topological polar surface area (TPSA) is 65.0 Å². The highest BCUT2D eigenvalue weighted by Crippen LogP contribution is 2.41. The zero-order chi connectivity index (χ0) is 10.8. The standard InChI is InChI=1S/C10H10O5/c1-13-10(12)6-2-3-7(11)9-8(6)14-4-5-15-9/h2-3,11H,4-5H2,1H3. The molecular formula is C10H10O5. The summed E-state index contributed by atoms with van der Waals surface area (Å²) < 4.78 is 15.1. The molecule has 15 heavy (non-hydrogen) atoms. The molecule has 1 heterocycles. The Hall–Kier alpha value is -1.91. The van der Waals surface area contributed by atoms with E-state index in [1.807, 2.05) is 0 Å². The number of esters is 1. The number of phenols is 1. The summed E-state index contributed by atoms with van der Waals surface area (Å²) in [5.41, 5.74) is 0.255. The Bertz CT molecular complexity index is 399. The number of carbonyl (C=O) groups excluding carboxylic acids is 1. The van der Waals surface area contributed by atoms with Crippen LogP contribution in [0.2, 0.25) is 0 Å². The van der Waals surface area contributed by atoms with Crippen molar-refractivity contribution in [1.82, 2.24) is 0 Å². The summed E-state index contributed by atoms with van der Waals surface area (Å²) in [6, 6.07) is 2.81. The van der Waals surface area contributed by atoms with Crippen LogP contribution in [0.1, 0.15) is 10.4 Å². The third-order valence-electron chi connectivity index (χ3n) is 2.07. The molecule has 5 heteroatoms. The molecule has 0 amide bonds. The second-order valence-electron chi connectivity index (χ2n) is 2.98. The van der Waals surface area contributed by atoms with Crippen LogP contribution >= 0.6 is 0 Å². The second kappa shape index (κ2) is 3.68. The van der Waals surface area contributed by atoms with Gasteiger partial charge >= 0.3 is 5.97 Å². The predicted molar refractivity (Wildman–Crippen MR) is 50.4 cm³/mol. The zero-order valence-corrected chi connectivity index (χ0v) is 8.15. The van der Waals surface area contributed by atoms with Crippen molar-refractivity contribution in [1.29, 1.82) is 0 Å². The Balaban J connectivity index is 2.52. The van der Waals surface area contributed by atoms with E-state index in [9.17, 15) is 9.90 Å².